The number of aliphatic hydroxyl groups is 5. The molecule has 0 aliphatic carbocycles. The van der Waals surface area contributed by atoms with Crippen molar-refractivity contribution in [3.8, 4) is 0 Å². The maximum absolute atomic E-state index is 10.8. The van der Waals surface area contributed by atoms with E-state index in [1.807, 2.05) is 0 Å². The molecule has 1 amide bonds. The minimum Gasteiger partial charge on any atom is -0.394 e. The maximum Gasteiger partial charge on any atom is 0.219 e. The molecule has 0 saturated carbocycles. The van der Waals surface area contributed by atoms with Crippen LogP contribution in [0.15, 0.2) is 0 Å². The van der Waals surface area contributed by atoms with E-state index in [1.165, 1.54) is 0 Å². The molecule has 0 aliphatic heterocycles. The average molecular weight is 237 g/mol. The summed E-state index contributed by atoms with van der Waals surface area (Å²) in [5.74, 6) is -0.302. The first-order chi connectivity index (χ1) is 7.43. The Morgan fingerprint density at radius 2 is 1.62 bits per heavy atom. The van der Waals surface area contributed by atoms with Crippen LogP contribution in [0.3, 0.4) is 0 Å². The zero-order valence-electron chi connectivity index (χ0n) is 9.08. The van der Waals surface area contributed by atoms with Crippen LogP contribution < -0.4 is 5.32 Å². The molecule has 0 radical (unpaired) electrons. The Hall–Kier alpha value is -0.730. The van der Waals surface area contributed by atoms with E-state index in [0.29, 0.717) is 0 Å². The van der Waals surface area contributed by atoms with Crippen molar-refractivity contribution < 1.29 is 30.3 Å². The molecule has 0 aromatic heterocycles. The van der Waals surface area contributed by atoms with E-state index >= 15 is 0 Å². The fourth-order valence-corrected chi connectivity index (χ4v) is 1.03. The van der Waals surface area contributed by atoms with Crippen LogP contribution in [0.5, 0.6) is 0 Å². The molecular weight excluding hydrogens is 218 g/mol. The SMILES string of the molecule is CCC(=O)NCC(O)C(O)C(O)C(O)CO. The van der Waals surface area contributed by atoms with E-state index in [9.17, 15) is 20.1 Å². The number of hydrogen-bond acceptors (Lipinski definition) is 6. The highest BCUT2D eigenvalue weighted by Gasteiger charge is 2.29. The summed E-state index contributed by atoms with van der Waals surface area (Å²) in [7, 11) is 0. The lowest BCUT2D eigenvalue weighted by Crippen LogP contribution is -2.49. The van der Waals surface area contributed by atoms with Crippen LogP contribution in [0.25, 0.3) is 0 Å². The third-order valence-corrected chi connectivity index (χ3v) is 2.15. The van der Waals surface area contributed by atoms with Crippen molar-refractivity contribution in [3.05, 3.63) is 0 Å². The van der Waals surface area contributed by atoms with Gasteiger partial charge in [-0.2, -0.15) is 0 Å². The van der Waals surface area contributed by atoms with Crippen LogP contribution in [0.1, 0.15) is 13.3 Å². The van der Waals surface area contributed by atoms with Gasteiger partial charge in [0.15, 0.2) is 0 Å². The number of carbonyl (C=O) groups excluding carboxylic acids is 1. The van der Waals surface area contributed by atoms with Gasteiger partial charge < -0.3 is 30.8 Å². The van der Waals surface area contributed by atoms with Gasteiger partial charge >= 0.3 is 0 Å². The number of rotatable bonds is 7. The second-order valence-corrected chi connectivity index (χ2v) is 3.46. The average Bonchev–Trinajstić information content (AvgIpc) is 2.32. The Balaban J connectivity index is 4.06. The second kappa shape index (κ2) is 7.53. The van der Waals surface area contributed by atoms with E-state index in [0.717, 1.165) is 0 Å². The second-order valence-electron chi connectivity index (χ2n) is 3.46. The third kappa shape index (κ3) is 4.86. The van der Waals surface area contributed by atoms with Gasteiger partial charge in [-0.3, -0.25) is 4.79 Å². The summed E-state index contributed by atoms with van der Waals surface area (Å²) in [4.78, 5) is 10.8. The van der Waals surface area contributed by atoms with E-state index in [4.69, 9.17) is 10.2 Å². The van der Waals surface area contributed by atoms with Crippen LogP contribution in [0, 0.1) is 0 Å². The van der Waals surface area contributed by atoms with Gasteiger partial charge in [0, 0.05) is 13.0 Å². The molecule has 96 valence electrons. The van der Waals surface area contributed by atoms with Gasteiger partial charge in [0.1, 0.15) is 18.3 Å². The molecule has 4 unspecified atom stereocenters. The van der Waals surface area contributed by atoms with Crippen LogP contribution in [0.4, 0.5) is 0 Å². The molecule has 0 fully saturated rings. The first-order valence-electron chi connectivity index (χ1n) is 5.03. The highest BCUT2D eigenvalue weighted by atomic mass is 16.4. The lowest BCUT2D eigenvalue weighted by atomic mass is 10.0. The van der Waals surface area contributed by atoms with E-state index in [-0.39, 0.29) is 18.9 Å². The molecule has 0 saturated heterocycles. The van der Waals surface area contributed by atoms with E-state index in [2.05, 4.69) is 5.32 Å². The third-order valence-electron chi connectivity index (χ3n) is 2.15. The van der Waals surface area contributed by atoms with E-state index < -0.39 is 31.0 Å². The molecule has 6 N–H and O–H groups in total. The highest BCUT2D eigenvalue weighted by molar-refractivity contribution is 5.75. The fourth-order valence-electron chi connectivity index (χ4n) is 1.03. The van der Waals surface area contributed by atoms with Gasteiger partial charge in [-0.1, -0.05) is 6.92 Å². The van der Waals surface area contributed by atoms with Crippen molar-refractivity contribution in [1.82, 2.24) is 5.32 Å². The molecule has 4 atom stereocenters. The van der Waals surface area contributed by atoms with Gasteiger partial charge in [0.25, 0.3) is 0 Å². The molecule has 7 heteroatoms. The predicted octanol–water partition coefficient (Wildman–Crippen LogP) is -3.05. The Bertz CT molecular complexity index is 212. The van der Waals surface area contributed by atoms with Crippen LogP contribution in [0.2, 0.25) is 0 Å². The minimum atomic E-state index is -1.67. The summed E-state index contributed by atoms with van der Waals surface area (Å²) in [5, 5.41) is 47.8. The zero-order chi connectivity index (χ0) is 12.7. The summed E-state index contributed by atoms with van der Waals surface area (Å²) >= 11 is 0. The monoisotopic (exact) mass is 237 g/mol. The van der Waals surface area contributed by atoms with E-state index in [1.54, 1.807) is 6.92 Å². The molecule has 0 spiro atoms. The minimum absolute atomic E-state index is 0.233. The van der Waals surface area contributed by atoms with Crippen molar-refractivity contribution >= 4 is 5.91 Å². The normalized spacial score (nSPS) is 18.6. The van der Waals surface area contributed by atoms with Crippen LogP contribution in [-0.4, -0.2) is 69.0 Å². The van der Waals surface area contributed by atoms with Crippen molar-refractivity contribution in [1.29, 1.82) is 0 Å². The summed E-state index contributed by atoms with van der Waals surface area (Å²) in [5.41, 5.74) is 0. The van der Waals surface area contributed by atoms with Gasteiger partial charge in [0.05, 0.1) is 12.7 Å². The molecule has 16 heavy (non-hydrogen) atoms. The summed E-state index contributed by atoms with van der Waals surface area (Å²) < 4.78 is 0. The van der Waals surface area contributed by atoms with Gasteiger partial charge in [0.2, 0.25) is 5.91 Å². The molecule has 0 aliphatic rings. The Morgan fingerprint density at radius 3 is 2.06 bits per heavy atom. The Labute approximate surface area is 93.3 Å². The zero-order valence-corrected chi connectivity index (χ0v) is 9.08. The quantitative estimate of drug-likeness (QED) is 0.279. The molecule has 0 aromatic rings. The van der Waals surface area contributed by atoms with Gasteiger partial charge in [-0.05, 0) is 0 Å². The van der Waals surface area contributed by atoms with Crippen molar-refractivity contribution in [3.63, 3.8) is 0 Å². The topological polar surface area (TPSA) is 130 Å². The number of aliphatic hydroxyl groups excluding tert-OH is 5. The smallest absolute Gasteiger partial charge is 0.219 e. The summed E-state index contributed by atoms with van der Waals surface area (Å²) in [6.45, 7) is 0.665. The van der Waals surface area contributed by atoms with Gasteiger partial charge in [-0.15, -0.1) is 0 Å². The molecule has 0 heterocycles. The first-order valence-corrected chi connectivity index (χ1v) is 5.03. The Kier molecular flexibility index (Phi) is 7.18. The largest absolute Gasteiger partial charge is 0.394 e. The Morgan fingerprint density at radius 1 is 1.12 bits per heavy atom. The van der Waals surface area contributed by atoms with Gasteiger partial charge in [-0.25, -0.2) is 0 Å². The first kappa shape index (κ1) is 15.3. The lowest BCUT2D eigenvalue weighted by Gasteiger charge is -2.25. The number of amides is 1. The maximum atomic E-state index is 10.8. The lowest BCUT2D eigenvalue weighted by molar-refractivity contribution is -0.125. The van der Waals surface area contributed by atoms with Crippen LogP contribution in [-0.2, 0) is 4.79 Å². The number of nitrogens with one attached hydrogen (secondary N) is 1. The number of hydrogen-bond donors (Lipinski definition) is 6. The predicted molar refractivity (Wildman–Crippen MR) is 54.4 cm³/mol. The molecule has 7 nitrogen and oxygen atoms in total. The number of carbonyl (C=O) groups is 1. The molecular formula is C9H19NO6. The standard InChI is InChI=1S/C9H19NO6/c1-2-7(14)10-3-5(12)8(15)9(16)6(13)4-11/h5-6,8-9,11-13,15-16H,2-4H2,1H3,(H,10,14). The van der Waals surface area contributed by atoms with Crippen molar-refractivity contribution in [2.75, 3.05) is 13.2 Å². The molecule has 0 rings (SSSR count). The fraction of sp³-hybridized carbons (Fsp3) is 0.889. The summed E-state index contributed by atoms with van der Waals surface area (Å²) in [6.07, 6.45) is -6.01. The molecule has 0 aromatic carbocycles. The summed E-state index contributed by atoms with van der Waals surface area (Å²) in [6, 6.07) is 0. The van der Waals surface area contributed by atoms with Crippen molar-refractivity contribution in [2.24, 2.45) is 0 Å². The molecule has 0 bridgehead atoms. The van der Waals surface area contributed by atoms with Crippen molar-refractivity contribution in [2.45, 2.75) is 37.8 Å². The van der Waals surface area contributed by atoms with Crippen LogP contribution >= 0.6 is 0 Å². The highest BCUT2D eigenvalue weighted by Crippen LogP contribution is 2.04.